The molecular weight excluding hydrogens is 326 g/mol. The van der Waals surface area contributed by atoms with E-state index in [4.69, 9.17) is 4.74 Å². The molecule has 0 unspecified atom stereocenters. The Morgan fingerprint density at radius 2 is 1.81 bits per heavy atom. The van der Waals surface area contributed by atoms with Gasteiger partial charge in [-0.3, -0.25) is 9.69 Å². The topological polar surface area (TPSA) is 58.2 Å². The number of aryl methyl sites for hydroxylation is 1. The van der Waals surface area contributed by atoms with E-state index < -0.39 is 0 Å². The van der Waals surface area contributed by atoms with Gasteiger partial charge in [0.05, 0.1) is 11.3 Å². The highest BCUT2D eigenvalue weighted by molar-refractivity contribution is 5.33. The van der Waals surface area contributed by atoms with Gasteiger partial charge in [-0.2, -0.15) is 0 Å². The van der Waals surface area contributed by atoms with E-state index in [1.807, 2.05) is 49.4 Å². The quantitative estimate of drug-likeness (QED) is 0.785. The maximum Gasteiger partial charge on any atom is 0.255 e. The Kier molecular flexibility index (Phi) is 4.54. The average molecular weight is 347 g/mol. The minimum atomic E-state index is -0.0104. The van der Waals surface area contributed by atoms with E-state index in [1.165, 1.54) is 5.56 Å². The molecule has 0 atom stereocenters. The van der Waals surface area contributed by atoms with Crippen molar-refractivity contribution < 1.29 is 4.74 Å². The number of aromatic amines is 1. The molecule has 0 radical (unpaired) electrons. The van der Waals surface area contributed by atoms with Crippen LogP contribution in [0.2, 0.25) is 0 Å². The van der Waals surface area contributed by atoms with Crippen molar-refractivity contribution >= 4 is 0 Å². The summed E-state index contributed by atoms with van der Waals surface area (Å²) in [5.74, 6) is 2.34. The fourth-order valence-electron chi connectivity index (χ4n) is 3.29. The zero-order chi connectivity index (χ0) is 17.9. The van der Waals surface area contributed by atoms with Gasteiger partial charge in [0, 0.05) is 26.1 Å². The molecule has 3 aromatic rings. The van der Waals surface area contributed by atoms with Crippen LogP contribution in [0, 0.1) is 6.92 Å². The second kappa shape index (κ2) is 7.14. The fraction of sp³-hybridized carbons (Fsp3) is 0.238. The highest BCUT2D eigenvalue weighted by Crippen LogP contribution is 2.22. The number of hydrogen-bond donors (Lipinski definition) is 1. The van der Waals surface area contributed by atoms with E-state index in [9.17, 15) is 4.79 Å². The zero-order valence-electron chi connectivity index (χ0n) is 14.7. The van der Waals surface area contributed by atoms with Crippen molar-refractivity contribution in [1.29, 1.82) is 0 Å². The minimum absolute atomic E-state index is 0.0104. The van der Waals surface area contributed by atoms with E-state index in [-0.39, 0.29) is 5.56 Å². The van der Waals surface area contributed by atoms with Crippen LogP contribution in [-0.2, 0) is 19.5 Å². The lowest BCUT2D eigenvalue weighted by atomic mass is 10.1. The first-order chi connectivity index (χ1) is 12.7. The van der Waals surface area contributed by atoms with Gasteiger partial charge in [0.25, 0.3) is 5.56 Å². The number of nitrogens with one attached hydrogen (secondary N) is 1. The number of aromatic nitrogens is 2. The van der Waals surface area contributed by atoms with E-state index in [1.54, 1.807) is 0 Å². The first kappa shape index (κ1) is 16.5. The van der Waals surface area contributed by atoms with Crippen LogP contribution < -0.4 is 10.3 Å². The van der Waals surface area contributed by atoms with Crippen LogP contribution in [-0.4, -0.2) is 21.4 Å². The summed E-state index contributed by atoms with van der Waals surface area (Å²) in [5, 5.41) is 0. The first-order valence-electron chi connectivity index (χ1n) is 8.80. The molecule has 132 valence electrons. The normalized spacial score (nSPS) is 14.0. The summed E-state index contributed by atoms with van der Waals surface area (Å²) in [6.45, 7) is 4.18. The maximum atomic E-state index is 12.2. The van der Waals surface area contributed by atoms with Gasteiger partial charge in [-0.1, -0.05) is 30.3 Å². The molecule has 0 fully saturated rings. The van der Waals surface area contributed by atoms with Gasteiger partial charge in [0.1, 0.15) is 17.3 Å². The maximum absolute atomic E-state index is 12.2. The van der Waals surface area contributed by atoms with Crippen LogP contribution in [0.15, 0.2) is 59.4 Å². The number of nitrogens with zero attached hydrogens (tertiary/aromatic N) is 2. The Bertz CT molecular complexity index is 949. The smallest absolute Gasteiger partial charge is 0.255 e. The van der Waals surface area contributed by atoms with Crippen molar-refractivity contribution in [2.45, 2.75) is 26.4 Å². The molecule has 5 nitrogen and oxygen atoms in total. The lowest BCUT2D eigenvalue weighted by Crippen LogP contribution is -2.35. The van der Waals surface area contributed by atoms with Gasteiger partial charge >= 0.3 is 0 Å². The third kappa shape index (κ3) is 3.68. The lowest BCUT2D eigenvalue weighted by molar-refractivity contribution is 0.241. The minimum Gasteiger partial charge on any atom is -0.457 e. The summed E-state index contributed by atoms with van der Waals surface area (Å²) >= 11 is 0. The van der Waals surface area contributed by atoms with E-state index in [0.29, 0.717) is 12.4 Å². The van der Waals surface area contributed by atoms with Crippen LogP contribution in [0.3, 0.4) is 0 Å². The molecule has 0 amide bonds. The third-order valence-corrected chi connectivity index (χ3v) is 4.57. The molecule has 2 heterocycles. The van der Waals surface area contributed by atoms with Crippen molar-refractivity contribution in [3.63, 3.8) is 0 Å². The number of H-pyrrole nitrogens is 1. The second-order valence-corrected chi connectivity index (χ2v) is 6.60. The summed E-state index contributed by atoms with van der Waals surface area (Å²) < 4.78 is 5.83. The van der Waals surface area contributed by atoms with Gasteiger partial charge in [-0.15, -0.1) is 0 Å². The molecule has 1 aliphatic rings. The van der Waals surface area contributed by atoms with Gasteiger partial charge in [0.15, 0.2) is 0 Å². The van der Waals surface area contributed by atoms with Crippen LogP contribution in [0.25, 0.3) is 0 Å². The largest absolute Gasteiger partial charge is 0.457 e. The summed E-state index contributed by atoms with van der Waals surface area (Å²) in [6, 6.07) is 17.9. The second-order valence-electron chi connectivity index (χ2n) is 6.60. The van der Waals surface area contributed by atoms with E-state index in [0.717, 1.165) is 42.3 Å². The first-order valence-corrected chi connectivity index (χ1v) is 8.80. The molecule has 2 aromatic carbocycles. The van der Waals surface area contributed by atoms with Gasteiger partial charge in [-0.05, 0) is 36.8 Å². The SMILES string of the molecule is Cc1nc2c(c(=O)[nH]1)CN(Cc1ccc(Oc3ccccc3)cc1)CC2. The molecule has 0 aliphatic carbocycles. The Morgan fingerprint density at radius 3 is 2.58 bits per heavy atom. The number of benzene rings is 2. The van der Waals surface area contributed by atoms with Crippen LogP contribution in [0.4, 0.5) is 0 Å². The highest BCUT2D eigenvalue weighted by atomic mass is 16.5. The van der Waals surface area contributed by atoms with Crippen molar-refractivity contribution in [1.82, 2.24) is 14.9 Å². The molecule has 5 heteroatoms. The fourth-order valence-corrected chi connectivity index (χ4v) is 3.29. The van der Waals surface area contributed by atoms with Crippen LogP contribution in [0.1, 0.15) is 22.6 Å². The summed E-state index contributed by atoms with van der Waals surface area (Å²) in [7, 11) is 0. The Hall–Kier alpha value is -2.92. The highest BCUT2D eigenvalue weighted by Gasteiger charge is 2.20. The van der Waals surface area contributed by atoms with Crippen molar-refractivity contribution in [2.24, 2.45) is 0 Å². The molecule has 0 spiro atoms. The molecule has 26 heavy (non-hydrogen) atoms. The molecule has 1 N–H and O–H groups in total. The third-order valence-electron chi connectivity index (χ3n) is 4.57. The number of ether oxygens (including phenoxy) is 1. The van der Waals surface area contributed by atoms with E-state index in [2.05, 4.69) is 27.0 Å². The van der Waals surface area contributed by atoms with Crippen molar-refractivity contribution in [2.75, 3.05) is 6.54 Å². The number of fused-ring (bicyclic) bond motifs is 1. The Balaban J connectivity index is 1.42. The Morgan fingerprint density at radius 1 is 1.08 bits per heavy atom. The predicted molar refractivity (Wildman–Crippen MR) is 100 cm³/mol. The number of para-hydroxylation sites is 1. The number of hydrogen-bond acceptors (Lipinski definition) is 4. The molecule has 0 saturated heterocycles. The molecule has 0 saturated carbocycles. The number of rotatable bonds is 4. The van der Waals surface area contributed by atoms with Gasteiger partial charge in [0.2, 0.25) is 0 Å². The predicted octanol–water partition coefficient (Wildman–Crippen LogP) is 3.43. The molecule has 1 aromatic heterocycles. The van der Waals surface area contributed by atoms with Gasteiger partial charge in [-0.25, -0.2) is 4.98 Å². The summed E-state index contributed by atoms with van der Waals surface area (Å²) in [4.78, 5) is 21.7. The average Bonchev–Trinajstić information content (AvgIpc) is 2.65. The molecule has 4 rings (SSSR count). The van der Waals surface area contributed by atoms with Crippen molar-refractivity contribution in [3.8, 4) is 11.5 Å². The summed E-state index contributed by atoms with van der Waals surface area (Å²) in [5.41, 5.74) is 2.93. The molecule has 0 bridgehead atoms. The molecular formula is C21H21N3O2. The van der Waals surface area contributed by atoms with Crippen LogP contribution in [0.5, 0.6) is 11.5 Å². The monoisotopic (exact) mass is 347 g/mol. The van der Waals surface area contributed by atoms with Gasteiger partial charge < -0.3 is 9.72 Å². The molecule has 1 aliphatic heterocycles. The van der Waals surface area contributed by atoms with Crippen LogP contribution >= 0.6 is 0 Å². The Labute approximate surface area is 152 Å². The summed E-state index contributed by atoms with van der Waals surface area (Å²) in [6.07, 6.45) is 0.815. The standard InChI is InChI=1S/C21H21N3O2/c1-15-22-20-11-12-24(14-19(20)21(25)23-15)13-16-7-9-18(10-8-16)26-17-5-3-2-4-6-17/h2-10H,11-14H2,1H3,(H,22,23,25). The van der Waals surface area contributed by atoms with E-state index >= 15 is 0 Å². The van der Waals surface area contributed by atoms with Crippen molar-refractivity contribution in [3.05, 3.63) is 87.6 Å². The lowest BCUT2D eigenvalue weighted by Gasteiger charge is -2.27. The zero-order valence-corrected chi connectivity index (χ0v) is 14.7.